The molecule has 14 heavy (non-hydrogen) atoms. The van der Waals surface area contributed by atoms with Crippen LogP contribution in [0.2, 0.25) is 0 Å². The Bertz CT molecular complexity index is 66.0. The van der Waals surface area contributed by atoms with E-state index >= 15 is 0 Å². The number of rotatable bonds is 0. The second kappa shape index (κ2) is 13.0. The second-order valence-corrected chi connectivity index (χ2v) is 4.07. The number of hydrogen-bond donors (Lipinski definition) is 0. The Kier molecular flexibility index (Phi) is 15.3. The summed E-state index contributed by atoms with van der Waals surface area (Å²) in [6.45, 7) is 12.6. The first-order valence-corrected chi connectivity index (χ1v) is 6.79. The summed E-state index contributed by atoms with van der Waals surface area (Å²) in [5.74, 6) is 2.13. The van der Waals surface area contributed by atoms with E-state index in [1.165, 1.54) is 38.5 Å². The Morgan fingerprint density at radius 1 is 0.571 bits per heavy atom. The Hall–Kier alpha value is 0. The zero-order valence-electron chi connectivity index (χ0n) is 11.4. The van der Waals surface area contributed by atoms with Crippen molar-refractivity contribution in [3.63, 3.8) is 0 Å². The highest BCUT2D eigenvalue weighted by atomic mass is 14.2. The van der Waals surface area contributed by atoms with Crippen molar-refractivity contribution >= 4 is 0 Å². The summed E-state index contributed by atoms with van der Waals surface area (Å²) in [4.78, 5) is 0. The van der Waals surface area contributed by atoms with Gasteiger partial charge in [0.05, 0.1) is 0 Å². The standard InChI is InChI=1S/2C5H10.2C2H6/c2*1-5-3-2-4-5;2*1-2/h2*5H,2-4H2,1H3;2*1-2H3. The van der Waals surface area contributed by atoms with Crippen LogP contribution in [0.15, 0.2) is 0 Å². The van der Waals surface area contributed by atoms with Gasteiger partial charge in [-0.1, -0.05) is 80.1 Å². The molecular formula is C14H32. The molecule has 0 atom stereocenters. The lowest BCUT2D eigenvalue weighted by atomic mass is 9.88. The molecular weight excluding hydrogens is 168 g/mol. The molecule has 2 aliphatic carbocycles. The fourth-order valence-electron chi connectivity index (χ4n) is 1.22. The highest BCUT2D eigenvalue weighted by molar-refractivity contribution is 4.62. The van der Waals surface area contributed by atoms with Gasteiger partial charge in [0, 0.05) is 0 Å². The minimum atomic E-state index is 1.06. The Balaban J connectivity index is 0. The van der Waals surface area contributed by atoms with E-state index < -0.39 is 0 Å². The lowest BCUT2D eigenvalue weighted by Gasteiger charge is -2.18. The van der Waals surface area contributed by atoms with Crippen LogP contribution in [0.4, 0.5) is 0 Å². The van der Waals surface area contributed by atoms with Crippen molar-refractivity contribution in [3.05, 3.63) is 0 Å². The van der Waals surface area contributed by atoms with Crippen LogP contribution in [0, 0.1) is 11.8 Å². The summed E-state index contributed by atoms with van der Waals surface area (Å²) in [7, 11) is 0. The SMILES string of the molecule is CC.CC.CC1CCC1.CC1CCC1. The molecule has 0 bridgehead atoms. The van der Waals surface area contributed by atoms with Crippen molar-refractivity contribution in [3.8, 4) is 0 Å². The third-order valence-electron chi connectivity index (χ3n) is 2.79. The van der Waals surface area contributed by atoms with Gasteiger partial charge in [-0.2, -0.15) is 0 Å². The topological polar surface area (TPSA) is 0 Å². The van der Waals surface area contributed by atoms with Gasteiger partial charge in [0.15, 0.2) is 0 Å². The van der Waals surface area contributed by atoms with Gasteiger partial charge in [-0.3, -0.25) is 0 Å². The maximum atomic E-state index is 2.31. The lowest BCUT2D eigenvalue weighted by molar-refractivity contribution is 0.346. The summed E-state index contributed by atoms with van der Waals surface area (Å²) in [5, 5.41) is 0. The van der Waals surface area contributed by atoms with Gasteiger partial charge in [-0.15, -0.1) is 0 Å². The first-order chi connectivity index (χ1) is 6.79. The Morgan fingerprint density at radius 2 is 0.714 bits per heavy atom. The van der Waals surface area contributed by atoms with Gasteiger partial charge in [0.1, 0.15) is 0 Å². The van der Waals surface area contributed by atoms with Crippen molar-refractivity contribution in [2.24, 2.45) is 11.8 Å². The molecule has 2 saturated carbocycles. The Morgan fingerprint density at radius 3 is 0.714 bits per heavy atom. The average Bonchev–Trinajstić information content (AvgIpc) is 2.19. The summed E-state index contributed by atoms with van der Waals surface area (Å²) in [5.41, 5.74) is 0. The highest BCUT2D eigenvalue weighted by Gasteiger charge is 2.09. The molecule has 0 unspecified atom stereocenters. The van der Waals surface area contributed by atoms with E-state index in [0.29, 0.717) is 0 Å². The summed E-state index contributed by atoms with van der Waals surface area (Å²) in [6, 6.07) is 0. The summed E-state index contributed by atoms with van der Waals surface area (Å²) in [6.07, 6.45) is 8.92. The van der Waals surface area contributed by atoms with Crippen LogP contribution >= 0.6 is 0 Å². The van der Waals surface area contributed by atoms with Gasteiger partial charge < -0.3 is 0 Å². The molecule has 2 fully saturated rings. The molecule has 0 heterocycles. The van der Waals surface area contributed by atoms with Crippen molar-refractivity contribution in [1.29, 1.82) is 0 Å². The first kappa shape index (κ1) is 16.4. The molecule has 0 aromatic carbocycles. The minimum Gasteiger partial charge on any atom is -0.0683 e. The predicted molar refractivity (Wildman–Crippen MR) is 68.7 cm³/mol. The van der Waals surface area contributed by atoms with Crippen LogP contribution in [-0.4, -0.2) is 0 Å². The zero-order chi connectivity index (χ0) is 11.4. The molecule has 88 valence electrons. The molecule has 0 aliphatic heterocycles. The van der Waals surface area contributed by atoms with Gasteiger partial charge in [0.25, 0.3) is 0 Å². The fourth-order valence-corrected chi connectivity index (χ4v) is 1.22. The van der Waals surface area contributed by atoms with E-state index in [-0.39, 0.29) is 0 Å². The molecule has 0 heteroatoms. The van der Waals surface area contributed by atoms with Crippen LogP contribution < -0.4 is 0 Å². The third kappa shape index (κ3) is 10.1. The zero-order valence-corrected chi connectivity index (χ0v) is 11.4. The van der Waals surface area contributed by atoms with E-state index in [1.807, 2.05) is 27.7 Å². The molecule has 2 aliphatic rings. The van der Waals surface area contributed by atoms with E-state index in [2.05, 4.69) is 13.8 Å². The van der Waals surface area contributed by atoms with Gasteiger partial charge in [-0.25, -0.2) is 0 Å². The molecule has 0 aromatic rings. The summed E-state index contributed by atoms with van der Waals surface area (Å²) < 4.78 is 0. The minimum absolute atomic E-state index is 1.06. The number of hydrogen-bond acceptors (Lipinski definition) is 0. The molecule has 0 radical (unpaired) electrons. The molecule has 0 nitrogen and oxygen atoms in total. The molecule has 0 amide bonds. The maximum absolute atomic E-state index is 2.31. The highest BCUT2D eigenvalue weighted by Crippen LogP contribution is 2.24. The van der Waals surface area contributed by atoms with Gasteiger partial charge in [0.2, 0.25) is 0 Å². The molecule has 0 aromatic heterocycles. The van der Waals surface area contributed by atoms with E-state index in [1.54, 1.807) is 0 Å². The van der Waals surface area contributed by atoms with Gasteiger partial charge >= 0.3 is 0 Å². The van der Waals surface area contributed by atoms with Crippen LogP contribution in [0.25, 0.3) is 0 Å². The normalized spacial score (nSPS) is 19.3. The Labute approximate surface area is 92.5 Å². The molecule has 2 rings (SSSR count). The average molecular weight is 200 g/mol. The molecule has 0 N–H and O–H groups in total. The van der Waals surface area contributed by atoms with Crippen LogP contribution in [-0.2, 0) is 0 Å². The quantitative estimate of drug-likeness (QED) is 0.473. The monoisotopic (exact) mass is 200 g/mol. The largest absolute Gasteiger partial charge is 0.0683 e. The van der Waals surface area contributed by atoms with Crippen LogP contribution in [0.5, 0.6) is 0 Å². The lowest BCUT2D eigenvalue weighted by Crippen LogP contribution is -2.04. The molecule has 0 saturated heterocycles. The van der Waals surface area contributed by atoms with Crippen molar-refractivity contribution in [1.82, 2.24) is 0 Å². The van der Waals surface area contributed by atoms with Crippen LogP contribution in [0.1, 0.15) is 80.1 Å². The van der Waals surface area contributed by atoms with Crippen LogP contribution in [0.3, 0.4) is 0 Å². The fraction of sp³-hybridized carbons (Fsp3) is 1.00. The summed E-state index contributed by atoms with van der Waals surface area (Å²) >= 11 is 0. The van der Waals surface area contributed by atoms with Gasteiger partial charge in [-0.05, 0) is 11.8 Å². The first-order valence-electron chi connectivity index (χ1n) is 6.79. The van der Waals surface area contributed by atoms with E-state index in [4.69, 9.17) is 0 Å². The van der Waals surface area contributed by atoms with Crippen molar-refractivity contribution in [2.45, 2.75) is 80.1 Å². The van der Waals surface area contributed by atoms with Crippen molar-refractivity contribution < 1.29 is 0 Å². The van der Waals surface area contributed by atoms with E-state index in [0.717, 1.165) is 11.8 Å². The second-order valence-electron chi connectivity index (χ2n) is 4.07. The van der Waals surface area contributed by atoms with E-state index in [9.17, 15) is 0 Å². The predicted octanol–water partition coefficient (Wildman–Crippen LogP) is 5.67. The molecule has 0 spiro atoms. The van der Waals surface area contributed by atoms with Crippen molar-refractivity contribution in [2.75, 3.05) is 0 Å². The smallest absolute Gasteiger partial charge is 0.0443 e. The third-order valence-corrected chi connectivity index (χ3v) is 2.79. The maximum Gasteiger partial charge on any atom is -0.0443 e.